The van der Waals surface area contributed by atoms with Crippen molar-refractivity contribution >= 4 is 19.7 Å². The maximum absolute atomic E-state index is 13.3. The van der Waals surface area contributed by atoms with E-state index in [1.165, 1.54) is 135 Å². The quantitative estimate of drug-likeness (QED) is 0.0213. The Kier molecular flexibility index (Phi) is 41.0. The fraction of sp³-hybridized carbons (Fsp3) is 0.843. The van der Waals surface area contributed by atoms with Crippen molar-refractivity contribution in [2.45, 2.75) is 238 Å². The number of carbonyl (C=O) groups excluding carboxylic acids is 2. The Hall–Kier alpha value is -1.77. The third-order valence-electron chi connectivity index (χ3n) is 11.1. The molecule has 3 unspecified atom stereocenters. The molecule has 0 aliphatic rings. The van der Waals surface area contributed by atoms with Crippen LogP contribution in [0.1, 0.15) is 226 Å². The highest BCUT2D eigenvalue weighted by molar-refractivity contribution is 7.45. The summed E-state index contributed by atoms with van der Waals surface area (Å²) in [5, 5.41) is 2.96. The predicted molar refractivity (Wildman–Crippen MR) is 256 cm³/mol. The highest BCUT2D eigenvalue weighted by Crippen LogP contribution is 2.38. The molecule has 0 radical (unpaired) electrons. The smallest absolute Gasteiger partial charge is 0.306 e. The van der Waals surface area contributed by atoms with E-state index in [0.29, 0.717) is 17.4 Å². The van der Waals surface area contributed by atoms with Crippen molar-refractivity contribution in [3.8, 4) is 0 Å². The van der Waals surface area contributed by atoms with E-state index in [0.717, 1.165) is 51.4 Å². The van der Waals surface area contributed by atoms with E-state index < -0.39 is 26.6 Å². The summed E-state index contributed by atoms with van der Waals surface area (Å²) < 4.78 is 30.0. The Bertz CT molecular complexity index is 1150. The first-order valence-electron chi connectivity index (χ1n) is 25.3. The van der Waals surface area contributed by atoms with Gasteiger partial charge in [0.05, 0.1) is 33.8 Å². The van der Waals surface area contributed by atoms with Crippen LogP contribution >= 0.6 is 7.82 Å². The molecule has 3 atom stereocenters. The minimum Gasteiger partial charge on any atom is -0.756 e. The number of esters is 1. The average molecular weight is 881 g/mol. The van der Waals surface area contributed by atoms with Gasteiger partial charge in [0.2, 0.25) is 5.91 Å². The van der Waals surface area contributed by atoms with Crippen molar-refractivity contribution in [1.29, 1.82) is 0 Å². The van der Waals surface area contributed by atoms with Gasteiger partial charge in [0, 0.05) is 12.8 Å². The first kappa shape index (κ1) is 59.2. The highest BCUT2D eigenvalue weighted by atomic mass is 31.2. The van der Waals surface area contributed by atoms with E-state index in [4.69, 9.17) is 13.8 Å². The summed E-state index contributed by atoms with van der Waals surface area (Å²) in [5.41, 5.74) is 0. The monoisotopic (exact) mass is 881 g/mol. The number of nitrogens with zero attached hydrogens (tertiary/aromatic N) is 1. The number of carbonyl (C=O) groups is 2. The minimum absolute atomic E-state index is 0.0299. The van der Waals surface area contributed by atoms with Crippen molar-refractivity contribution in [1.82, 2.24) is 5.32 Å². The number of likely N-dealkylation sites (N-methyl/N-ethyl adjacent to an activating group) is 1. The van der Waals surface area contributed by atoms with Crippen LogP contribution in [0.2, 0.25) is 0 Å². The number of rotatable bonds is 45. The van der Waals surface area contributed by atoms with E-state index in [1.54, 1.807) is 0 Å². The molecule has 10 heteroatoms. The average Bonchev–Trinajstić information content (AvgIpc) is 3.21. The van der Waals surface area contributed by atoms with Gasteiger partial charge in [-0.2, -0.15) is 0 Å². The molecule has 0 rings (SSSR count). The minimum atomic E-state index is -4.69. The summed E-state index contributed by atoms with van der Waals surface area (Å²) in [6.07, 6.45) is 47.0. The molecule has 0 saturated heterocycles. The van der Waals surface area contributed by atoms with Gasteiger partial charge < -0.3 is 28.5 Å². The fourth-order valence-corrected chi connectivity index (χ4v) is 7.82. The molecule has 0 spiro atoms. The highest BCUT2D eigenvalue weighted by Gasteiger charge is 2.27. The molecule has 0 aliphatic heterocycles. The van der Waals surface area contributed by atoms with Crippen LogP contribution in [0.3, 0.4) is 0 Å². The topological polar surface area (TPSA) is 114 Å². The molecular weight excluding hydrogens is 784 g/mol. The van der Waals surface area contributed by atoms with Gasteiger partial charge in [-0.1, -0.05) is 199 Å². The fourth-order valence-electron chi connectivity index (χ4n) is 7.10. The first-order valence-corrected chi connectivity index (χ1v) is 26.8. The molecule has 9 nitrogen and oxygen atoms in total. The molecule has 0 heterocycles. The van der Waals surface area contributed by atoms with Crippen LogP contribution in [0.25, 0.3) is 0 Å². The molecule has 1 N–H and O–H groups in total. The molecule has 0 aromatic carbocycles. The number of allylic oxidation sites excluding steroid dienone is 5. The van der Waals surface area contributed by atoms with Crippen molar-refractivity contribution in [2.75, 3.05) is 40.9 Å². The second kappa shape index (κ2) is 42.2. The molecule has 0 aliphatic carbocycles. The maximum Gasteiger partial charge on any atom is 0.306 e. The normalized spacial score (nSPS) is 14.3. The van der Waals surface area contributed by atoms with Crippen molar-refractivity contribution < 1.29 is 37.3 Å². The Balaban J connectivity index is 5.52. The van der Waals surface area contributed by atoms with Crippen molar-refractivity contribution in [3.63, 3.8) is 0 Å². The summed E-state index contributed by atoms with van der Waals surface area (Å²) in [5.74, 6) is -0.618. The van der Waals surface area contributed by atoms with E-state index in [9.17, 15) is 19.0 Å². The molecule has 1 amide bonds. The van der Waals surface area contributed by atoms with Crippen LogP contribution < -0.4 is 10.2 Å². The number of ether oxygens (including phenoxy) is 1. The zero-order valence-corrected chi connectivity index (χ0v) is 41.5. The van der Waals surface area contributed by atoms with Crippen molar-refractivity contribution in [3.05, 3.63) is 36.5 Å². The third-order valence-corrected chi connectivity index (χ3v) is 12.1. The number of hydrogen-bond donors (Lipinski definition) is 1. The lowest BCUT2D eigenvalue weighted by Gasteiger charge is -2.30. The standard InChI is InChI=1S/C51H97N2O7P/c1-7-10-13-16-19-22-25-26-29-31-34-37-40-43-50(54)52-48(47-59-61(56,57)58-46-45-53(4,5)6)49(42-39-36-33-30-27-23-20-17-14-11-8-2)60-51(55)44-41-38-35-32-28-24-21-18-15-12-9-3/h26,29,34,37,39,42,48-49H,7-25,27-28,30-33,35-36,38,40-41,43-47H2,1-6H3,(H-,52,54,56,57)/b29-26-,37-34+,42-39+. The van der Waals surface area contributed by atoms with Gasteiger partial charge in [0.15, 0.2) is 0 Å². The zero-order chi connectivity index (χ0) is 45.1. The van der Waals surface area contributed by atoms with Crippen molar-refractivity contribution in [2.24, 2.45) is 0 Å². The Labute approximate surface area is 376 Å². The third kappa shape index (κ3) is 43.3. The molecule has 358 valence electrons. The van der Waals surface area contributed by atoms with E-state index in [1.807, 2.05) is 39.4 Å². The number of phosphoric acid groups is 1. The van der Waals surface area contributed by atoms with E-state index in [2.05, 4.69) is 44.3 Å². The van der Waals surface area contributed by atoms with Gasteiger partial charge in [-0.15, -0.1) is 0 Å². The Morgan fingerprint density at radius 1 is 0.574 bits per heavy atom. The Morgan fingerprint density at radius 2 is 1.02 bits per heavy atom. The Morgan fingerprint density at radius 3 is 1.51 bits per heavy atom. The molecule has 0 saturated carbocycles. The molecule has 0 aromatic heterocycles. The van der Waals surface area contributed by atoms with Gasteiger partial charge in [-0.25, -0.2) is 0 Å². The summed E-state index contributed by atoms with van der Waals surface area (Å²) >= 11 is 0. The summed E-state index contributed by atoms with van der Waals surface area (Å²) in [6.45, 7) is 6.76. The molecule has 0 fully saturated rings. The molecule has 0 bridgehead atoms. The van der Waals surface area contributed by atoms with Gasteiger partial charge in [0.25, 0.3) is 7.82 Å². The van der Waals surface area contributed by atoms with E-state index in [-0.39, 0.29) is 31.3 Å². The van der Waals surface area contributed by atoms with Crippen LogP contribution in [0.5, 0.6) is 0 Å². The van der Waals surface area contributed by atoms with Crippen LogP contribution in [0, 0.1) is 0 Å². The lowest BCUT2D eigenvalue weighted by Crippen LogP contribution is -2.47. The number of nitrogens with one attached hydrogen (secondary N) is 1. The molecule has 61 heavy (non-hydrogen) atoms. The lowest BCUT2D eigenvalue weighted by atomic mass is 10.1. The van der Waals surface area contributed by atoms with Crippen LogP contribution in [-0.4, -0.2) is 69.4 Å². The summed E-state index contributed by atoms with van der Waals surface area (Å²) in [4.78, 5) is 39.5. The lowest BCUT2D eigenvalue weighted by molar-refractivity contribution is -0.870. The SMILES string of the molecule is CCCCCCCC/C=C\C/C=C/CCC(=O)NC(COP(=O)([O-])OCC[N+](C)(C)C)C(/C=C/CCCCCCCCCCC)OC(=O)CCCCCCCCCCCCC. The van der Waals surface area contributed by atoms with Crippen LogP contribution in [0.4, 0.5) is 0 Å². The maximum atomic E-state index is 13.3. The van der Waals surface area contributed by atoms with Gasteiger partial charge in [-0.3, -0.25) is 14.2 Å². The molecular formula is C51H97N2O7P. The van der Waals surface area contributed by atoms with Crippen LogP contribution in [-0.2, 0) is 27.9 Å². The number of hydrogen-bond acceptors (Lipinski definition) is 7. The summed E-state index contributed by atoms with van der Waals surface area (Å²) in [7, 11) is 1.16. The van der Waals surface area contributed by atoms with Gasteiger partial charge in [-0.05, 0) is 51.0 Å². The largest absolute Gasteiger partial charge is 0.756 e. The second-order valence-corrected chi connectivity index (χ2v) is 19.7. The van der Waals surface area contributed by atoms with Gasteiger partial charge in [0.1, 0.15) is 19.3 Å². The summed E-state index contributed by atoms with van der Waals surface area (Å²) in [6, 6.07) is -0.911. The number of phosphoric ester groups is 1. The van der Waals surface area contributed by atoms with E-state index >= 15 is 0 Å². The van der Waals surface area contributed by atoms with Gasteiger partial charge >= 0.3 is 5.97 Å². The van der Waals surface area contributed by atoms with Crippen LogP contribution in [0.15, 0.2) is 36.5 Å². The molecule has 0 aromatic rings. The number of amides is 1. The zero-order valence-electron chi connectivity index (χ0n) is 40.6. The first-order chi connectivity index (χ1) is 29.4. The second-order valence-electron chi connectivity index (χ2n) is 18.3. The number of quaternary nitrogens is 1. The predicted octanol–water partition coefficient (Wildman–Crippen LogP) is 13.8. The number of unbranched alkanes of at least 4 members (excludes halogenated alkanes) is 25.